The summed E-state index contributed by atoms with van der Waals surface area (Å²) in [6.45, 7) is 0. The Bertz CT molecular complexity index is 644. The highest BCUT2D eigenvalue weighted by Crippen LogP contribution is 2.46. The van der Waals surface area contributed by atoms with Gasteiger partial charge < -0.3 is 0 Å². The van der Waals surface area contributed by atoms with Gasteiger partial charge in [-0.25, -0.2) is 8.78 Å². The summed E-state index contributed by atoms with van der Waals surface area (Å²) in [4.78, 5) is 0. The van der Waals surface area contributed by atoms with Crippen molar-refractivity contribution >= 4 is 5.57 Å². The number of allylic oxidation sites excluding steroid dienone is 4. The van der Waals surface area contributed by atoms with E-state index in [-0.39, 0.29) is 0 Å². The number of alkyl halides is 2. The molecular formula is C18H14F2. The van der Waals surface area contributed by atoms with Crippen LogP contribution in [0.15, 0.2) is 78.9 Å². The van der Waals surface area contributed by atoms with E-state index in [4.69, 9.17) is 0 Å². The minimum absolute atomic E-state index is 0.340. The molecule has 1 aliphatic carbocycles. The normalized spacial score (nSPS) is 25.3. The molecule has 0 amide bonds. The number of rotatable bonds is 2. The Morgan fingerprint density at radius 1 is 0.850 bits per heavy atom. The van der Waals surface area contributed by atoms with Crippen LogP contribution in [-0.4, -0.2) is 6.17 Å². The van der Waals surface area contributed by atoms with Crippen molar-refractivity contribution in [1.29, 1.82) is 0 Å². The van der Waals surface area contributed by atoms with Gasteiger partial charge >= 0.3 is 0 Å². The molecule has 0 N–H and O–H groups in total. The zero-order valence-electron chi connectivity index (χ0n) is 10.8. The first-order valence-electron chi connectivity index (χ1n) is 6.56. The average molecular weight is 268 g/mol. The number of hydrogen-bond donors (Lipinski definition) is 0. The van der Waals surface area contributed by atoms with E-state index in [1.165, 1.54) is 6.08 Å². The van der Waals surface area contributed by atoms with Crippen LogP contribution >= 0.6 is 0 Å². The predicted molar refractivity (Wildman–Crippen MR) is 77.7 cm³/mol. The fourth-order valence-electron chi connectivity index (χ4n) is 2.57. The van der Waals surface area contributed by atoms with Crippen LogP contribution in [0.3, 0.4) is 0 Å². The molecule has 2 unspecified atom stereocenters. The Hall–Kier alpha value is -2.22. The SMILES string of the molecule is FC1C=CC=C(c2ccccc2)C1(F)c1ccccc1. The predicted octanol–water partition coefficient (Wildman–Crippen LogP) is 4.84. The Kier molecular flexibility index (Phi) is 3.23. The fraction of sp³-hybridized carbons (Fsp3) is 0.111. The van der Waals surface area contributed by atoms with Crippen LogP contribution in [0, 0.1) is 0 Å². The zero-order chi connectivity index (χ0) is 14.0. The topological polar surface area (TPSA) is 0 Å². The molecule has 20 heavy (non-hydrogen) atoms. The Morgan fingerprint density at radius 3 is 2.10 bits per heavy atom. The van der Waals surface area contributed by atoms with Crippen LogP contribution in [0.5, 0.6) is 0 Å². The van der Waals surface area contributed by atoms with Gasteiger partial charge in [-0.15, -0.1) is 0 Å². The molecule has 100 valence electrons. The molecule has 0 aromatic heterocycles. The maximum Gasteiger partial charge on any atom is 0.196 e. The summed E-state index contributed by atoms with van der Waals surface area (Å²) >= 11 is 0. The van der Waals surface area contributed by atoms with Gasteiger partial charge in [-0.05, 0) is 17.2 Å². The van der Waals surface area contributed by atoms with E-state index in [9.17, 15) is 4.39 Å². The van der Waals surface area contributed by atoms with Gasteiger partial charge in [-0.2, -0.15) is 0 Å². The van der Waals surface area contributed by atoms with Gasteiger partial charge in [0.2, 0.25) is 0 Å². The zero-order valence-corrected chi connectivity index (χ0v) is 10.8. The van der Waals surface area contributed by atoms with Crippen LogP contribution in [0.4, 0.5) is 8.78 Å². The minimum atomic E-state index is -2.14. The molecule has 0 bridgehead atoms. The summed E-state index contributed by atoms with van der Waals surface area (Å²) in [5.74, 6) is 0. The molecule has 0 saturated carbocycles. The van der Waals surface area contributed by atoms with Gasteiger partial charge in [-0.3, -0.25) is 0 Å². The molecule has 1 aliphatic rings. The van der Waals surface area contributed by atoms with E-state index < -0.39 is 11.8 Å². The second kappa shape index (κ2) is 5.04. The van der Waals surface area contributed by atoms with Crippen molar-refractivity contribution in [2.45, 2.75) is 11.8 Å². The Balaban J connectivity index is 2.16. The highest BCUT2D eigenvalue weighted by molar-refractivity contribution is 5.77. The second-order valence-corrected chi connectivity index (χ2v) is 4.81. The summed E-state index contributed by atoms with van der Waals surface area (Å²) in [7, 11) is 0. The van der Waals surface area contributed by atoms with Crippen LogP contribution in [0.25, 0.3) is 5.57 Å². The Labute approximate surface area is 117 Å². The summed E-state index contributed by atoms with van der Waals surface area (Å²) in [5.41, 5.74) is -0.741. The molecule has 3 rings (SSSR count). The first-order chi connectivity index (χ1) is 9.73. The number of benzene rings is 2. The van der Waals surface area contributed by atoms with E-state index in [1.54, 1.807) is 54.6 Å². The van der Waals surface area contributed by atoms with Crippen LogP contribution in [0.1, 0.15) is 11.1 Å². The van der Waals surface area contributed by atoms with Crippen molar-refractivity contribution in [1.82, 2.24) is 0 Å². The lowest BCUT2D eigenvalue weighted by Crippen LogP contribution is -2.34. The van der Waals surface area contributed by atoms with Gasteiger partial charge in [0.15, 0.2) is 11.8 Å². The largest absolute Gasteiger partial charge is 0.239 e. The van der Waals surface area contributed by atoms with E-state index in [2.05, 4.69) is 0 Å². The highest BCUT2D eigenvalue weighted by atomic mass is 19.2. The first kappa shape index (κ1) is 12.8. The third-order valence-electron chi connectivity index (χ3n) is 3.59. The van der Waals surface area contributed by atoms with E-state index in [0.29, 0.717) is 16.7 Å². The van der Waals surface area contributed by atoms with Crippen molar-refractivity contribution < 1.29 is 8.78 Å². The molecule has 2 aromatic carbocycles. The van der Waals surface area contributed by atoms with Crippen LogP contribution < -0.4 is 0 Å². The molecule has 0 spiro atoms. The third-order valence-corrected chi connectivity index (χ3v) is 3.59. The van der Waals surface area contributed by atoms with Gasteiger partial charge in [0.05, 0.1) is 0 Å². The van der Waals surface area contributed by atoms with Crippen molar-refractivity contribution in [2.24, 2.45) is 0 Å². The molecule has 0 heterocycles. The Morgan fingerprint density at radius 2 is 1.45 bits per heavy atom. The van der Waals surface area contributed by atoms with E-state index in [1.807, 2.05) is 18.2 Å². The summed E-state index contributed by atoms with van der Waals surface area (Å²) in [6.07, 6.45) is 2.80. The quantitative estimate of drug-likeness (QED) is 0.731. The minimum Gasteiger partial charge on any atom is -0.239 e. The molecule has 0 aliphatic heterocycles. The summed E-state index contributed by atoms with van der Waals surface area (Å²) < 4.78 is 29.9. The summed E-state index contributed by atoms with van der Waals surface area (Å²) in [6, 6.07) is 17.6. The molecule has 2 heteroatoms. The number of hydrogen-bond acceptors (Lipinski definition) is 0. The lowest BCUT2D eigenvalue weighted by Gasteiger charge is -2.32. The standard InChI is InChI=1S/C18H14F2/c19-17-13-7-12-16(14-8-3-1-4-9-14)18(17,20)15-10-5-2-6-11-15/h1-13,17H. The first-order valence-corrected chi connectivity index (χ1v) is 6.56. The molecule has 2 atom stereocenters. The van der Waals surface area contributed by atoms with Crippen molar-refractivity contribution in [3.63, 3.8) is 0 Å². The van der Waals surface area contributed by atoms with E-state index in [0.717, 1.165) is 0 Å². The molecule has 0 saturated heterocycles. The van der Waals surface area contributed by atoms with Crippen molar-refractivity contribution in [3.8, 4) is 0 Å². The van der Waals surface area contributed by atoms with Crippen molar-refractivity contribution in [3.05, 3.63) is 90.0 Å². The maximum absolute atomic E-state index is 15.6. The van der Waals surface area contributed by atoms with Crippen LogP contribution in [0.2, 0.25) is 0 Å². The number of halogens is 2. The molecular weight excluding hydrogens is 254 g/mol. The summed E-state index contributed by atoms with van der Waals surface area (Å²) in [5, 5.41) is 0. The van der Waals surface area contributed by atoms with Crippen LogP contribution in [-0.2, 0) is 5.67 Å². The lowest BCUT2D eigenvalue weighted by molar-refractivity contribution is 0.135. The molecule has 0 fully saturated rings. The highest BCUT2D eigenvalue weighted by Gasteiger charge is 2.45. The monoisotopic (exact) mass is 268 g/mol. The lowest BCUT2D eigenvalue weighted by atomic mass is 9.78. The van der Waals surface area contributed by atoms with Gasteiger partial charge in [0.25, 0.3) is 0 Å². The van der Waals surface area contributed by atoms with Gasteiger partial charge in [0, 0.05) is 5.57 Å². The maximum atomic E-state index is 15.6. The molecule has 0 nitrogen and oxygen atoms in total. The van der Waals surface area contributed by atoms with Gasteiger partial charge in [0.1, 0.15) is 0 Å². The van der Waals surface area contributed by atoms with E-state index >= 15 is 4.39 Å². The molecule has 0 radical (unpaired) electrons. The smallest absolute Gasteiger partial charge is 0.196 e. The van der Waals surface area contributed by atoms with Gasteiger partial charge in [-0.1, -0.05) is 72.8 Å². The second-order valence-electron chi connectivity index (χ2n) is 4.81. The third kappa shape index (κ3) is 1.97. The molecule has 2 aromatic rings. The van der Waals surface area contributed by atoms with Crippen molar-refractivity contribution in [2.75, 3.05) is 0 Å². The average Bonchev–Trinajstić information content (AvgIpc) is 2.52. The fourth-order valence-corrected chi connectivity index (χ4v) is 2.57.